The fourth-order valence-electron chi connectivity index (χ4n) is 2.60. The average molecular weight is 332 g/mol. The quantitative estimate of drug-likeness (QED) is 0.646. The standard InChI is InChI=1S/C13H18ClN3OS2/c1-8-7-20-10(9(8)14)13(5-3-4-6-13)11(18)16-17(2)12(15)19/h7H,3-6H2,1-2H3,(H2,15,19)(H,16,18). The van der Waals surface area contributed by atoms with Crippen molar-refractivity contribution in [2.24, 2.45) is 5.73 Å². The molecule has 0 aromatic carbocycles. The highest BCUT2D eigenvalue weighted by atomic mass is 35.5. The molecule has 1 aliphatic rings. The molecule has 0 radical (unpaired) electrons. The summed E-state index contributed by atoms with van der Waals surface area (Å²) in [5.41, 5.74) is 8.77. The van der Waals surface area contributed by atoms with Gasteiger partial charge in [-0.05, 0) is 42.9 Å². The molecule has 7 heteroatoms. The number of aryl methyl sites for hydroxylation is 1. The lowest BCUT2D eigenvalue weighted by molar-refractivity contribution is -0.129. The summed E-state index contributed by atoms with van der Waals surface area (Å²) < 4.78 is 0. The maximum atomic E-state index is 12.7. The van der Waals surface area contributed by atoms with Crippen LogP contribution in [0.15, 0.2) is 5.38 Å². The summed E-state index contributed by atoms with van der Waals surface area (Å²) in [4.78, 5) is 13.7. The number of carbonyl (C=O) groups is 1. The van der Waals surface area contributed by atoms with Crippen LogP contribution in [0.1, 0.15) is 36.1 Å². The van der Waals surface area contributed by atoms with E-state index in [1.54, 1.807) is 18.4 Å². The highest BCUT2D eigenvalue weighted by Gasteiger charge is 2.45. The van der Waals surface area contributed by atoms with Crippen LogP contribution in [0.25, 0.3) is 0 Å². The van der Waals surface area contributed by atoms with Crippen molar-refractivity contribution >= 4 is 46.2 Å². The monoisotopic (exact) mass is 331 g/mol. The van der Waals surface area contributed by atoms with Gasteiger partial charge in [-0.2, -0.15) is 0 Å². The molecule has 1 aromatic heterocycles. The topological polar surface area (TPSA) is 58.4 Å². The van der Waals surface area contributed by atoms with E-state index < -0.39 is 5.41 Å². The van der Waals surface area contributed by atoms with E-state index >= 15 is 0 Å². The Bertz CT molecular complexity index is 538. The third kappa shape index (κ3) is 2.64. The summed E-state index contributed by atoms with van der Waals surface area (Å²) in [6.07, 6.45) is 3.67. The van der Waals surface area contributed by atoms with Crippen LogP contribution in [-0.4, -0.2) is 23.1 Å². The van der Waals surface area contributed by atoms with Crippen molar-refractivity contribution in [1.29, 1.82) is 0 Å². The second kappa shape index (κ2) is 5.87. The Balaban J connectivity index is 2.33. The highest BCUT2D eigenvalue weighted by Crippen LogP contribution is 2.47. The van der Waals surface area contributed by atoms with Crippen molar-refractivity contribution in [3.8, 4) is 0 Å². The molecule has 0 saturated heterocycles. The minimum atomic E-state index is -0.547. The van der Waals surface area contributed by atoms with Gasteiger partial charge < -0.3 is 5.73 Å². The van der Waals surface area contributed by atoms with Crippen LogP contribution in [0.2, 0.25) is 5.02 Å². The van der Waals surface area contributed by atoms with Crippen LogP contribution >= 0.6 is 35.2 Å². The molecular formula is C13H18ClN3OS2. The predicted octanol–water partition coefficient (Wildman–Crippen LogP) is 2.73. The molecule has 2 rings (SSSR count). The molecule has 0 atom stereocenters. The van der Waals surface area contributed by atoms with Gasteiger partial charge in [0.15, 0.2) is 5.11 Å². The van der Waals surface area contributed by atoms with E-state index in [1.807, 2.05) is 12.3 Å². The lowest BCUT2D eigenvalue weighted by atomic mass is 9.83. The third-order valence-electron chi connectivity index (χ3n) is 3.83. The van der Waals surface area contributed by atoms with Crippen LogP contribution < -0.4 is 11.2 Å². The zero-order valence-electron chi connectivity index (χ0n) is 11.5. The normalized spacial score (nSPS) is 16.9. The number of rotatable bonds is 2. The minimum Gasteiger partial charge on any atom is -0.375 e. The molecule has 1 fully saturated rings. The van der Waals surface area contributed by atoms with E-state index in [0.29, 0.717) is 5.02 Å². The Labute approximate surface area is 133 Å². The zero-order chi connectivity index (χ0) is 14.9. The first kappa shape index (κ1) is 15.5. The number of amides is 1. The van der Waals surface area contributed by atoms with Gasteiger partial charge in [0.1, 0.15) is 0 Å². The van der Waals surface area contributed by atoms with Gasteiger partial charge >= 0.3 is 0 Å². The average Bonchev–Trinajstić information content (AvgIpc) is 2.99. The molecule has 0 spiro atoms. The van der Waals surface area contributed by atoms with E-state index in [0.717, 1.165) is 36.1 Å². The van der Waals surface area contributed by atoms with Gasteiger partial charge in [-0.25, -0.2) is 0 Å². The Morgan fingerprint density at radius 3 is 2.60 bits per heavy atom. The molecule has 0 bridgehead atoms. The summed E-state index contributed by atoms with van der Waals surface area (Å²) in [5, 5.41) is 4.24. The minimum absolute atomic E-state index is 0.0750. The molecule has 110 valence electrons. The number of nitrogens with two attached hydrogens (primary N) is 1. The number of nitrogens with zero attached hydrogens (tertiary/aromatic N) is 1. The lowest BCUT2D eigenvalue weighted by Crippen LogP contribution is -2.52. The number of thiophene rings is 1. The van der Waals surface area contributed by atoms with Crippen molar-refractivity contribution in [2.45, 2.75) is 38.0 Å². The molecular weight excluding hydrogens is 314 g/mol. The van der Waals surface area contributed by atoms with Crippen molar-refractivity contribution in [2.75, 3.05) is 7.05 Å². The molecule has 1 aliphatic carbocycles. The number of hydrogen-bond acceptors (Lipinski definition) is 3. The Morgan fingerprint density at radius 1 is 1.55 bits per heavy atom. The first-order valence-corrected chi connectivity index (χ1v) is 8.13. The van der Waals surface area contributed by atoms with E-state index in [9.17, 15) is 4.79 Å². The number of thiocarbonyl (C=S) groups is 1. The van der Waals surface area contributed by atoms with Crippen molar-refractivity contribution in [3.63, 3.8) is 0 Å². The number of carbonyl (C=O) groups excluding carboxylic acids is 1. The van der Waals surface area contributed by atoms with E-state index in [-0.39, 0.29) is 11.0 Å². The first-order chi connectivity index (χ1) is 9.38. The van der Waals surface area contributed by atoms with Gasteiger partial charge in [-0.3, -0.25) is 15.2 Å². The summed E-state index contributed by atoms with van der Waals surface area (Å²) in [7, 11) is 1.64. The third-order valence-corrected chi connectivity index (χ3v) is 6.00. The molecule has 3 N–H and O–H groups in total. The molecule has 0 unspecified atom stereocenters. The van der Waals surface area contributed by atoms with Crippen molar-refractivity contribution < 1.29 is 4.79 Å². The Kier molecular flexibility index (Phi) is 4.56. The van der Waals surface area contributed by atoms with E-state index in [1.165, 1.54) is 5.01 Å². The smallest absolute Gasteiger partial charge is 0.250 e. The summed E-state index contributed by atoms with van der Waals surface area (Å²) >= 11 is 12.8. The second-order valence-corrected chi connectivity index (χ2v) is 6.87. The molecule has 0 aliphatic heterocycles. The Morgan fingerprint density at radius 2 is 2.15 bits per heavy atom. The second-order valence-electron chi connectivity index (χ2n) is 5.19. The Hall–Kier alpha value is -0.850. The summed E-state index contributed by atoms with van der Waals surface area (Å²) in [6.45, 7) is 1.96. The molecule has 4 nitrogen and oxygen atoms in total. The van der Waals surface area contributed by atoms with Crippen LogP contribution in [0, 0.1) is 6.92 Å². The van der Waals surface area contributed by atoms with Gasteiger partial charge in [0.2, 0.25) is 5.91 Å². The molecule has 1 saturated carbocycles. The largest absolute Gasteiger partial charge is 0.375 e. The summed E-state index contributed by atoms with van der Waals surface area (Å²) in [6, 6.07) is 0. The highest BCUT2D eigenvalue weighted by molar-refractivity contribution is 7.80. The van der Waals surface area contributed by atoms with E-state index in [4.69, 9.17) is 29.6 Å². The maximum Gasteiger partial charge on any atom is 0.250 e. The van der Waals surface area contributed by atoms with Crippen LogP contribution in [0.4, 0.5) is 0 Å². The van der Waals surface area contributed by atoms with Crippen molar-refractivity contribution in [1.82, 2.24) is 10.4 Å². The van der Waals surface area contributed by atoms with E-state index in [2.05, 4.69) is 5.43 Å². The molecule has 1 aromatic rings. The van der Waals surface area contributed by atoms with Gasteiger partial charge in [-0.1, -0.05) is 24.4 Å². The number of nitrogens with one attached hydrogen (secondary N) is 1. The van der Waals surface area contributed by atoms with Gasteiger partial charge in [0.05, 0.1) is 10.4 Å². The van der Waals surface area contributed by atoms with Crippen molar-refractivity contribution in [3.05, 3.63) is 20.8 Å². The van der Waals surface area contributed by atoms with Gasteiger partial charge in [0.25, 0.3) is 0 Å². The number of hydrazine groups is 1. The summed E-state index contributed by atoms with van der Waals surface area (Å²) in [5.74, 6) is -0.0750. The SMILES string of the molecule is Cc1csc(C2(C(=O)NN(C)C(N)=S)CCCC2)c1Cl. The zero-order valence-corrected chi connectivity index (χ0v) is 13.9. The maximum absolute atomic E-state index is 12.7. The molecule has 20 heavy (non-hydrogen) atoms. The first-order valence-electron chi connectivity index (χ1n) is 6.47. The van der Waals surface area contributed by atoms with Crippen LogP contribution in [0.5, 0.6) is 0 Å². The number of halogens is 1. The fraction of sp³-hybridized carbons (Fsp3) is 0.538. The van der Waals surface area contributed by atoms with Gasteiger partial charge in [-0.15, -0.1) is 11.3 Å². The van der Waals surface area contributed by atoms with Crippen LogP contribution in [0.3, 0.4) is 0 Å². The predicted molar refractivity (Wildman–Crippen MR) is 86.9 cm³/mol. The fourth-order valence-corrected chi connectivity index (χ4v) is 4.28. The molecule has 1 heterocycles. The van der Waals surface area contributed by atoms with Gasteiger partial charge in [0, 0.05) is 11.9 Å². The van der Waals surface area contributed by atoms with Crippen LogP contribution in [-0.2, 0) is 10.2 Å². The lowest BCUT2D eigenvalue weighted by Gasteiger charge is -2.30. The number of hydrogen-bond donors (Lipinski definition) is 2. The molecule has 1 amide bonds.